The van der Waals surface area contributed by atoms with Crippen LogP contribution in [0.15, 0.2) is 4.42 Å². The summed E-state index contributed by atoms with van der Waals surface area (Å²) in [4.78, 5) is 0. The Morgan fingerprint density at radius 2 is 1.86 bits per heavy atom. The third-order valence-corrected chi connectivity index (χ3v) is 2.92. The minimum atomic E-state index is 0.189. The van der Waals surface area contributed by atoms with Crippen LogP contribution in [0.3, 0.4) is 0 Å². The third kappa shape index (κ3) is 2.47. The first-order valence-electron chi connectivity index (χ1n) is 5.42. The van der Waals surface area contributed by atoms with Crippen molar-refractivity contribution >= 4 is 6.01 Å². The molecule has 1 saturated carbocycles. The summed E-state index contributed by atoms with van der Waals surface area (Å²) >= 11 is 0. The Kier molecular flexibility index (Phi) is 3.01. The van der Waals surface area contributed by atoms with Crippen LogP contribution >= 0.6 is 0 Å². The summed E-state index contributed by atoms with van der Waals surface area (Å²) in [6.07, 6.45) is 8.93. The van der Waals surface area contributed by atoms with Gasteiger partial charge in [-0.15, -0.1) is 5.10 Å². The summed E-state index contributed by atoms with van der Waals surface area (Å²) in [5.41, 5.74) is 5.37. The van der Waals surface area contributed by atoms with Gasteiger partial charge in [0.25, 0.3) is 0 Å². The lowest BCUT2D eigenvalue weighted by Gasteiger charge is -2.09. The second-order valence-electron chi connectivity index (χ2n) is 4.10. The van der Waals surface area contributed by atoms with Gasteiger partial charge < -0.3 is 10.2 Å². The fourth-order valence-corrected chi connectivity index (χ4v) is 2.16. The van der Waals surface area contributed by atoms with E-state index in [1.807, 2.05) is 0 Å². The summed E-state index contributed by atoms with van der Waals surface area (Å²) in [5, 5.41) is 7.57. The molecule has 0 bridgehead atoms. The number of hydrogen-bond acceptors (Lipinski definition) is 4. The predicted octanol–water partition coefficient (Wildman–Crippen LogP) is 2.16. The normalized spacial score (nSPS) is 19.4. The lowest BCUT2D eigenvalue weighted by molar-refractivity contribution is 0.398. The number of nitrogens with zero attached hydrogens (tertiary/aromatic N) is 2. The molecule has 4 heteroatoms. The van der Waals surface area contributed by atoms with Crippen molar-refractivity contribution in [1.82, 2.24) is 10.2 Å². The van der Waals surface area contributed by atoms with Gasteiger partial charge in [0, 0.05) is 6.42 Å². The van der Waals surface area contributed by atoms with E-state index in [9.17, 15) is 0 Å². The van der Waals surface area contributed by atoms with E-state index < -0.39 is 0 Å². The number of nitrogens with two attached hydrogens (primary N) is 1. The minimum absolute atomic E-state index is 0.189. The number of nitrogen functional groups attached to an aromatic ring is 1. The van der Waals surface area contributed by atoms with Gasteiger partial charge in [0.1, 0.15) is 0 Å². The van der Waals surface area contributed by atoms with Crippen molar-refractivity contribution in [2.75, 3.05) is 5.73 Å². The van der Waals surface area contributed by atoms with Crippen molar-refractivity contribution in [3.8, 4) is 0 Å². The molecule has 1 heterocycles. The van der Waals surface area contributed by atoms with Crippen LogP contribution in [-0.4, -0.2) is 10.2 Å². The SMILES string of the molecule is Nc1nnc(CC2CCCCCC2)o1. The van der Waals surface area contributed by atoms with Gasteiger partial charge in [0.2, 0.25) is 5.89 Å². The van der Waals surface area contributed by atoms with Gasteiger partial charge in [-0.25, -0.2) is 0 Å². The van der Waals surface area contributed by atoms with Crippen molar-refractivity contribution in [1.29, 1.82) is 0 Å². The molecule has 1 aliphatic rings. The molecule has 0 aromatic carbocycles. The minimum Gasteiger partial charge on any atom is -0.408 e. The summed E-state index contributed by atoms with van der Waals surface area (Å²) < 4.78 is 5.18. The van der Waals surface area contributed by atoms with Crippen LogP contribution < -0.4 is 5.73 Å². The van der Waals surface area contributed by atoms with Crippen molar-refractivity contribution in [3.63, 3.8) is 0 Å². The van der Waals surface area contributed by atoms with Crippen LogP contribution in [0.25, 0.3) is 0 Å². The highest BCUT2D eigenvalue weighted by Crippen LogP contribution is 2.25. The Bertz CT molecular complexity index is 277. The van der Waals surface area contributed by atoms with E-state index in [-0.39, 0.29) is 6.01 Å². The first-order valence-corrected chi connectivity index (χ1v) is 5.42. The maximum absolute atomic E-state index is 5.37. The average Bonchev–Trinajstić information content (AvgIpc) is 2.43. The van der Waals surface area contributed by atoms with Crippen molar-refractivity contribution in [2.24, 2.45) is 5.92 Å². The lowest BCUT2D eigenvalue weighted by Crippen LogP contribution is -2.03. The van der Waals surface area contributed by atoms with E-state index in [0.717, 1.165) is 12.3 Å². The molecule has 0 saturated heterocycles. The van der Waals surface area contributed by atoms with E-state index in [4.69, 9.17) is 10.2 Å². The highest BCUT2D eigenvalue weighted by molar-refractivity contribution is 5.05. The highest BCUT2D eigenvalue weighted by atomic mass is 16.4. The van der Waals surface area contributed by atoms with Crippen molar-refractivity contribution < 1.29 is 4.42 Å². The lowest BCUT2D eigenvalue weighted by atomic mass is 9.97. The number of aromatic nitrogens is 2. The zero-order valence-corrected chi connectivity index (χ0v) is 8.41. The Morgan fingerprint density at radius 3 is 2.43 bits per heavy atom. The smallest absolute Gasteiger partial charge is 0.312 e. The molecule has 0 aliphatic heterocycles. The summed E-state index contributed by atoms with van der Waals surface area (Å²) in [5.74, 6) is 1.42. The maximum Gasteiger partial charge on any atom is 0.312 e. The Balaban J connectivity index is 1.89. The molecule has 0 amide bonds. The Morgan fingerprint density at radius 1 is 1.14 bits per heavy atom. The van der Waals surface area contributed by atoms with Crippen LogP contribution in [-0.2, 0) is 6.42 Å². The standard InChI is InChI=1S/C10H17N3O/c11-10-13-12-9(14-10)7-8-5-3-1-2-4-6-8/h8H,1-7H2,(H2,11,13). The van der Waals surface area contributed by atoms with Crippen LogP contribution in [0.2, 0.25) is 0 Å². The van der Waals surface area contributed by atoms with Gasteiger partial charge in [-0.2, -0.15) is 0 Å². The first-order chi connectivity index (χ1) is 6.84. The Labute approximate surface area is 83.9 Å². The zero-order chi connectivity index (χ0) is 9.80. The molecule has 0 spiro atoms. The van der Waals surface area contributed by atoms with Crippen LogP contribution in [0.4, 0.5) is 6.01 Å². The van der Waals surface area contributed by atoms with Crippen LogP contribution in [0, 0.1) is 5.92 Å². The van der Waals surface area contributed by atoms with E-state index in [1.165, 1.54) is 38.5 Å². The van der Waals surface area contributed by atoms with Crippen molar-refractivity contribution in [3.05, 3.63) is 5.89 Å². The third-order valence-electron chi connectivity index (χ3n) is 2.92. The molecule has 0 unspecified atom stereocenters. The molecule has 14 heavy (non-hydrogen) atoms. The summed E-state index contributed by atoms with van der Waals surface area (Å²) in [6, 6.07) is 0.189. The molecular formula is C10H17N3O. The molecule has 2 N–H and O–H groups in total. The van der Waals surface area contributed by atoms with E-state index in [1.54, 1.807) is 0 Å². The van der Waals surface area contributed by atoms with E-state index >= 15 is 0 Å². The number of anilines is 1. The van der Waals surface area contributed by atoms with Gasteiger partial charge in [-0.05, 0) is 18.8 Å². The van der Waals surface area contributed by atoms with Crippen LogP contribution in [0.1, 0.15) is 44.4 Å². The van der Waals surface area contributed by atoms with Gasteiger partial charge in [0.15, 0.2) is 0 Å². The largest absolute Gasteiger partial charge is 0.408 e. The van der Waals surface area contributed by atoms with Gasteiger partial charge in [-0.1, -0.05) is 30.8 Å². The molecule has 1 aromatic rings. The average molecular weight is 195 g/mol. The fourth-order valence-electron chi connectivity index (χ4n) is 2.16. The molecule has 4 nitrogen and oxygen atoms in total. The molecule has 0 atom stereocenters. The highest BCUT2D eigenvalue weighted by Gasteiger charge is 2.15. The molecule has 2 rings (SSSR count). The summed E-state index contributed by atoms with van der Waals surface area (Å²) in [6.45, 7) is 0. The molecule has 1 fully saturated rings. The van der Waals surface area contributed by atoms with E-state index in [2.05, 4.69) is 10.2 Å². The van der Waals surface area contributed by atoms with Crippen LogP contribution in [0.5, 0.6) is 0 Å². The summed E-state index contributed by atoms with van der Waals surface area (Å²) in [7, 11) is 0. The number of rotatable bonds is 2. The van der Waals surface area contributed by atoms with Crippen molar-refractivity contribution in [2.45, 2.75) is 44.9 Å². The fraction of sp³-hybridized carbons (Fsp3) is 0.800. The predicted molar refractivity (Wildman–Crippen MR) is 53.6 cm³/mol. The molecule has 0 radical (unpaired) electrons. The van der Waals surface area contributed by atoms with E-state index in [0.29, 0.717) is 5.89 Å². The van der Waals surface area contributed by atoms with Gasteiger partial charge in [0.05, 0.1) is 0 Å². The molecular weight excluding hydrogens is 178 g/mol. The Hall–Kier alpha value is -1.06. The maximum atomic E-state index is 5.37. The number of hydrogen-bond donors (Lipinski definition) is 1. The second-order valence-corrected chi connectivity index (χ2v) is 4.10. The topological polar surface area (TPSA) is 64.9 Å². The van der Waals surface area contributed by atoms with Gasteiger partial charge >= 0.3 is 6.01 Å². The first kappa shape index (κ1) is 9.49. The zero-order valence-electron chi connectivity index (χ0n) is 8.41. The second kappa shape index (κ2) is 4.44. The molecule has 1 aromatic heterocycles. The molecule has 1 aliphatic carbocycles. The quantitative estimate of drug-likeness (QED) is 0.734. The molecule has 78 valence electrons. The van der Waals surface area contributed by atoms with Gasteiger partial charge in [-0.3, -0.25) is 0 Å². The monoisotopic (exact) mass is 195 g/mol.